The molecule has 0 spiro atoms. The molecule has 0 aliphatic heterocycles. The smallest absolute Gasteiger partial charge is 0.320 e. The van der Waals surface area contributed by atoms with Gasteiger partial charge < -0.3 is 5.11 Å². The third-order valence-electron chi connectivity index (χ3n) is 3.17. The molecule has 2 rings (SSSR count). The van der Waals surface area contributed by atoms with E-state index in [1.165, 1.54) is 0 Å². The highest BCUT2D eigenvalue weighted by molar-refractivity contribution is 6.30. The number of aliphatic carboxylic acids is 1. The molecule has 20 heavy (non-hydrogen) atoms. The van der Waals surface area contributed by atoms with Gasteiger partial charge in [-0.15, -0.1) is 0 Å². The van der Waals surface area contributed by atoms with Gasteiger partial charge in [0.25, 0.3) is 0 Å². The first-order valence-corrected chi connectivity index (χ1v) is 6.58. The highest BCUT2D eigenvalue weighted by Gasteiger charge is 2.17. The van der Waals surface area contributed by atoms with Gasteiger partial charge in [0.1, 0.15) is 6.04 Å². The van der Waals surface area contributed by atoms with Crippen molar-refractivity contribution in [1.82, 2.24) is 14.7 Å². The van der Waals surface area contributed by atoms with Crippen molar-refractivity contribution in [3.05, 3.63) is 47.2 Å². The third kappa shape index (κ3) is 3.37. The van der Waals surface area contributed by atoms with E-state index in [0.29, 0.717) is 11.6 Å². The number of carboxylic acids is 1. The Balaban J connectivity index is 2.09. The van der Waals surface area contributed by atoms with Crippen LogP contribution in [-0.2, 0) is 11.3 Å². The van der Waals surface area contributed by atoms with Crippen molar-refractivity contribution in [1.29, 1.82) is 0 Å². The molecule has 1 aromatic carbocycles. The Hall–Kier alpha value is -1.85. The van der Waals surface area contributed by atoms with E-state index < -0.39 is 12.0 Å². The number of rotatable bonds is 5. The molecule has 5 nitrogen and oxygen atoms in total. The van der Waals surface area contributed by atoms with Crippen LogP contribution < -0.4 is 0 Å². The second-order valence-electron chi connectivity index (χ2n) is 4.66. The monoisotopic (exact) mass is 293 g/mol. The standard InChI is InChI=1S/C14H16ClN3O2/c1-10(14(19)20)17(2)9-12-7-8-18(16-12)13-5-3-11(15)4-6-13/h3-8,10H,9H2,1-2H3,(H,19,20). The summed E-state index contributed by atoms with van der Waals surface area (Å²) in [5.74, 6) is -0.843. The molecule has 0 saturated heterocycles. The van der Waals surface area contributed by atoms with Crippen LogP contribution in [0, 0.1) is 0 Å². The number of nitrogens with zero attached hydrogens (tertiary/aromatic N) is 3. The summed E-state index contributed by atoms with van der Waals surface area (Å²) >= 11 is 5.85. The Morgan fingerprint density at radius 1 is 1.40 bits per heavy atom. The van der Waals surface area contributed by atoms with E-state index in [4.69, 9.17) is 16.7 Å². The molecule has 0 bridgehead atoms. The van der Waals surface area contributed by atoms with Gasteiger partial charge in [0.05, 0.1) is 11.4 Å². The van der Waals surface area contributed by atoms with Gasteiger partial charge in [0.15, 0.2) is 0 Å². The van der Waals surface area contributed by atoms with Crippen molar-refractivity contribution < 1.29 is 9.90 Å². The Morgan fingerprint density at radius 2 is 2.05 bits per heavy atom. The SMILES string of the molecule is CC(C(=O)O)N(C)Cc1ccn(-c2ccc(Cl)cc2)n1. The minimum Gasteiger partial charge on any atom is -0.480 e. The van der Waals surface area contributed by atoms with Crippen LogP contribution in [-0.4, -0.2) is 38.8 Å². The molecule has 0 saturated carbocycles. The van der Waals surface area contributed by atoms with Crippen LogP contribution in [0.1, 0.15) is 12.6 Å². The molecule has 1 aromatic heterocycles. The number of carboxylic acid groups (broad SMARTS) is 1. The number of aromatic nitrogens is 2. The van der Waals surface area contributed by atoms with Crippen molar-refractivity contribution in [2.24, 2.45) is 0 Å². The van der Waals surface area contributed by atoms with Crippen molar-refractivity contribution in [2.75, 3.05) is 7.05 Å². The Kier molecular flexibility index (Phi) is 4.42. The summed E-state index contributed by atoms with van der Waals surface area (Å²) in [6, 6.07) is 8.69. The quantitative estimate of drug-likeness (QED) is 0.920. The van der Waals surface area contributed by atoms with E-state index in [9.17, 15) is 4.79 Å². The van der Waals surface area contributed by atoms with Crippen LogP contribution in [0.5, 0.6) is 0 Å². The second kappa shape index (κ2) is 6.07. The van der Waals surface area contributed by atoms with E-state index in [1.807, 2.05) is 24.4 Å². The molecule has 0 radical (unpaired) electrons. The molecular weight excluding hydrogens is 278 g/mol. The average molecular weight is 294 g/mol. The summed E-state index contributed by atoms with van der Waals surface area (Å²) in [4.78, 5) is 12.6. The lowest BCUT2D eigenvalue weighted by Gasteiger charge is -2.19. The predicted octanol–water partition coefficient (Wildman–Crippen LogP) is 2.43. The van der Waals surface area contributed by atoms with Gasteiger partial charge in [-0.05, 0) is 44.3 Å². The van der Waals surface area contributed by atoms with Crippen LogP contribution in [0.15, 0.2) is 36.5 Å². The summed E-state index contributed by atoms with van der Waals surface area (Å²) in [6.45, 7) is 2.13. The maximum absolute atomic E-state index is 10.9. The van der Waals surface area contributed by atoms with Gasteiger partial charge in [0, 0.05) is 17.8 Å². The first kappa shape index (κ1) is 14.6. The topological polar surface area (TPSA) is 58.4 Å². The fourth-order valence-corrected chi connectivity index (χ4v) is 1.89. The summed E-state index contributed by atoms with van der Waals surface area (Å²) in [7, 11) is 1.76. The van der Waals surface area contributed by atoms with Gasteiger partial charge in [-0.3, -0.25) is 9.69 Å². The first-order valence-electron chi connectivity index (χ1n) is 6.21. The molecule has 1 unspecified atom stereocenters. The molecule has 0 aliphatic carbocycles. The van der Waals surface area contributed by atoms with Crippen LogP contribution in [0.4, 0.5) is 0 Å². The lowest BCUT2D eigenvalue weighted by atomic mass is 10.3. The molecule has 106 valence electrons. The fourth-order valence-electron chi connectivity index (χ4n) is 1.76. The van der Waals surface area contributed by atoms with Gasteiger partial charge in [-0.25, -0.2) is 4.68 Å². The number of hydrogen-bond acceptors (Lipinski definition) is 3. The molecule has 2 aromatic rings. The number of hydrogen-bond donors (Lipinski definition) is 1. The normalized spacial score (nSPS) is 12.6. The highest BCUT2D eigenvalue weighted by atomic mass is 35.5. The molecule has 1 atom stereocenters. The Morgan fingerprint density at radius 3 is 2.65 bits per heavy atom. The summed E-state index contributed by atoms with van der Waals surface area (Å²) in [6.07, 6.45) is 1.85. The van der Waals surface area contributed by atoms with Crippen molar-refractivity contribution in [3.63, 3.8) is 0 Å². The number of halogens is 1. The minimum absolute atomic E-state index is 0.480. The van der Waals surface area contributed by atoms with Crippen LogP contribution in [0.2, 0.25) is 5.02 Å². The molecule has 6 heteroatoms. The molecule has 1 heterocycles. The van der Waals surface area contributed by atoms with E-state index in [0.717, 1.165) is 11.4 Å². The Bertz CT molecular complexity index is 595. The van der Waals surface area contributed by atoms with E-state index in [1.54, 1.807) is 35.7 Å². The maximum Gasteiger partial charge on any atom is 0.320 e. The zero-order valence-electron chi connectivity index (χ0n) is 11.3. The number of carbonyl (C=O) groups is 1. The minimum atomic E-state index is -0.843. The first-order chi connectivity index (χ1) is 9.47. The maximum atomic E-state index is 10.9. The zero-order chi connectivity index (χ0) is 14.7. The number of benzene rings is 1. The lowest BCUT2D eigenvalue weighted by molar-refractivity contribution is -0.142. The number of likely N-dealkylation sites (N-methyl/N-ethyl adjacent to an activating group) is 1. The van der Waals surface area contributed by atoms with Crippen molar-refractivity contribution in [2.45, 2.75) is 19.5 Å². The van der Waals surface area contributed by atoms with E-state index >= 15 is 0 Å². The second-order valence-corrected chi connectivity index (χ2v) is 5.09. The van der Waals surface area contributed by atoms with Crippen LogP contribution in [0.25, 0.3) is 5.69 Å². The summed E-state index contributed by atoms with van der Waals surface area (Å²) < 4.78 is 1.74. The van der Waals surface area contributed by atoms with Crippen molar-refractivity contribution in [3.8, 4) is 5.69 Å². The largest absolute Gasteiger partial charge is 0.480 e. The average Bonchev–Trinajstić information content (AvgIpc) is 2.87. The summed E-state index contributed by atoms with van der Waals surface area (Å²) in [5, 5.41) is 14.1. The van der Waals surface area contributed by atoms with Gasteiger partial charge >= 0.3 is 5.97 Å². The van der Waals surface area contributed by atoms with E-state index in [-0.39, 0.29) is 0 Å². The van der Waals surface area contributed by atoms with Gasteiger partial charge in [0.2, 0.25) is 0 Å². The molecular formula is C14H16ClN3O2. The molecule has 0 amide bonds. The Labute approximate surface area is 122 Å². The molecule has 1 N–H and O–H groups in total. The van der Waals surface area contributed by atoms with Gasteiger partial charge in [-0.2, -0.15) is 5.10 Å². The van der Waals surface area contributed by atoms with Crippen LogP contribution >= 0.6 is 11.6 Å². The highest BCUT2D eigenvalue weighted by Crippen LogP contribution is 2.13. The van der Waals surface area contributed by atoms with Gasteiger partial charge in [-0.1, -0.05) is 11.6 Å². The zero-order valence-corrected chi connectivity index (χ0v) is 12.1. The fraction of sp³-hybridized carbons (Fsp3) is 0.286. The molecule has 0 fully saturated rings. The third-order valence-corrected chi connectivity index (χ3v) is 3.42. The lowest BCUT2D eigenvalue weighted by Crippen LogP contribution is -2.35. The van der Waals surface area contributed by atoms with E-state index in [2.05, 4.69) is 5.10 Å². The van der Waals surface area contributed by atoms with Crippen LogP contribution in [0.3, 0.4) is 0 Å². The summed E-state index contributed by atoms with van der Waals surface area (Å²) in [5.41, 5.74) is 1.73. The predicted molar refractivity (Wildman–Crippen MR) is 77.1 cm³/mol. The van der Waals surface area contributed by atoms with Crippen molar-refractivity contribution >= 4 is 17.6 Å². The molecule has 0 aliphatic rings.